The van der Waals surface area contributed by atoms with Crippen molar-refractivity contribution in [1.29, 1.82) is 0 Å². The van der Waals surface area contributed by atoms with Crippen molar-refractivity contribution in [3.63, 3.8) is 0 Å². The molecule has 19 heavy (non-hydrogen) atoms. The quantitative estimate of drug-likeness (QED) is 0.789. The number of nitrogens with zero attached hydrogens (tertiary/aromatic N) is 1. The molecule has 0 radical (unpaired) electrons. The Labute approximate surface area is 130 Å². The molecule has 0 aliphatic rings. The van der Waals surface area contributed by atoms with Crippen molar-refractivity contribution in [2.75, 3.05) is 11.9 Å². The van der Waals surface area contributed by atoms with Crippen LogP contribution < -0.4 is 10.1 Å². The third-order valence-electron chi connectivity index (χ3n) is 2.34. The standard InChI is InChI=1S/C13H14BrClN2OS/c1-2-5-16-13-17-7-10(19-13)8-18-12-4-3-9(14)6-11(12)15/h3-4,6-7H,2,5,8H2,1H3,(H,16,17). The molecular weight excluding hydrogens is 348 g/mol. The van der Waals surface area contributed by atoms with Gasteiger partial charge < -0.3 is 10.1 Å². The molecule has 102 valence electrons. The Hall–Kier alpha value is -0.780. The van der Waals surface area contributed by atoms with E-state index >= 15 is 0 Å². The lowest BCUT2D eigenvalue weighted by Crippen LogP contribution is -1.97. The zero-order chi connectivity index (χ0) is 13.7. The molecule has 1 aromatic carbocycles. The SMILES string of the molecule is CCCNc1ncc(COc2ccc(Br)cc2Cl)s1. The monoisotopic (exact) mass is 360 g/mol. The van der Waals surface area contributed by atoms with E-state index in [0.717, 1.165) is 27.4 Å². The van der Waals surface area contributed by atoms with Crippen molar-refractivity contribution in [3.8, 4) is 5.75 Å². The highest BCUT2D eigenvalue weighted by molar-refractivity contribution is 9.10. The van der Waals surface area contributed by atoms with Crippen LogP contribution in [0.2, 0.25) is 5.02 Å². The molecule has 0 aliphatic heterocycles. The van der Waals surface area contributed by atoms with Gasteiger partial charge in [-0.2, -0.15) is 0 Å². The lowest BCUT2D eigenvalue weighted by Gasteiger charge is -2.06. The molecule has 0 saturated carbocycles. The minimum absolute atomic E-state index is 0.479. The number of benzene rings is 1. The first-order valence-corrected chi connectivity index (χ1v) is 7.94. The van der Waals surface area contributed by atoms with Gasteiger partial charge in [0.15, 0.2) is 5.13 Å². The van der Waals surface area contributed by atoms with Crippen LogP contribution in [0.4, 0.5) is 5.13 Å². The first-order chi connectivity index (χ1) is 9.19. The fraction of sp³-hybridized carbons (Fsp3) is 0.308. The van der Waals surface area contributed by atoms with Crippen LogP contribution in [0.3, 0.4) is 0 Å². The van der Waals surface area contributed by atoms with Crippen LogP contribution in [0.5, 0.6) is 5.75 Å². The molecule has 0 saturated heterocycles. The van der Waals surface area contributed by atoms with Gasteiger partial charge >= 0.3 is 0 Å². The second-order valence-corrected chi connectivity index (χ2v) is 6.36. The van der Waals surface area contributed by atoms with E-state index in [2.05, 4.69) is 33.2 Å². The van der Waals surface area contributed by atoms with E-state index in [0.29, 0.717) is 17.4 Å². The zero-order valence-corrected chi connectivity index (χ0v) is 13.6. The van der Waals surface area contributed by atoms with Crippen molar-refractivity contribution >= 4 is 44.0 Å². The van der Waals surface area contributed by atoms with Gasteiger partial charge in [0.1, 0.15) is 12.4 Å². The number of halogens is 2. The van der Waals surface area contributed by atoms with Crippen LogP contribution in [-0.4, -0.2) is 11.5 Å². The van der Waals surface area contributed by atoms with E-state index in [1.54, 1.807) is 11.3 Å². The summed E-state index contributed by atoms with van der Waals surface area (Å²) < 4.78 is 6.62. The molecule has 2 aromatic rings. The largest absolute Gasteiger partial charge is 0.486 e. The van der Waals surface area contributed by atoms with Gasteiger partial charge in [0.2, 0.25) is 0 Å². The molecule has 0 bridgehead atoms. The minimum Gasteiger partial charge on any atom is -0.486 e. The van der Waals surface area contributed by atoms with Crippen LogP contribution in [-0.2, 0) is 6.61 Å². The third-order valence-corrected chi connectivity index (χ3v) is 4.06. The van der Waals surface area contributed by atoms with Crippen LogP contribution in [0.25, 0.3) is 0 Å². The summed E-state index contributed by atoms with van der Waals surface area (Å²) in [5, 5.41) is 4.78. The Kier molecular flexibility index (Phi) is 5.48. The molecule has 0 amide bonds. The Morgan fingerprint density at radius 2 is 2.32 bits per heavy atom. The molecule has 0 fully saturated rings. The van der Waals surface area contributed by atoms with Crippen molar-refractivity contribution < 1.29 is 4.74 Å². The number of ether oxygens (including phenoxy) is 1. The highest BCUT2D eigenvalue weighted by Gasteiger charge is 2.05. The van der Waals surface area contributed by atoms with Crippen molar-refractivity contribution in [1.82, 2.24) is 4.98 Å². The summed E-state index contributed by atoms with van der Waals surface area (Å²) in [6.07, 6.45) is 2.91. The van der Waals surface area contributed by atoms with Gasteiger partial charge in [-0.15, -0.1) is 0 Å². The average molecular weight is 362 g/mol. The number of hydrogen-bond acceptors (Lipinski definition) is 4. The van der Waals surface area contributed by atoms with Crippen LogP contribution in [0, 0.1) is 0 Å². The number of aromatic nitrogens is 1. The predicted octanol–water partition coefficient (Wildman–Crippen LogP) is 4.96. The van der Waals surface area contributed by atoms with Crippen LogP contribution in [0.1, 0.15) is 18.2 Å². The molecular formula is C13H14BrClN2OS. The molecule has 0 unspecified atom stereocenters. The molecule has 1 heterocycles. The van der Waals surface area contributed by atoms with Gasteiger partial charge in [-0.1, -0.05) is 45.8 Å². The highest BCUT2D eigenvalue weighted by atomic mass is 79.9. The van der Waals surface area contributed by atoms with Gasteiger partial charge in [-0.3, -0.25) is 0 Å². The normalized spacial score (nSPS) is 10.5. The topological polar surface area (TPSA) is 34.2 Å². The first kappa shape index (κ1) is 14.6. The second-order valence-electron chi connectivity index (χ2n) is 3.92. The first-order valence-electron chi connectivity index (χ1n) is 5.95. The van der Waals surface area contributed by atoms with E-state index in [1.165, 1.54) is 0 Å². The molecule has 1 N–H and O–H groups in total. The summed E-state index contributed by atoms with van der Waals surface area (Å²) in [5.41, 5.74) is 0. The summed E-state index contributed by atoms with van der Waals surface area (Å²) in [6, 6.07) is 5.57. The Morgan fingerprint density at radius 1 is 1.47 bits per heavy atom. The Balaban J connectivity index is 1.92. The Morgan fingerprint density at radius 3 is 3.05 bits per heavy atom. The fourth-order valence-corrected chi connectivity index (χ4v) is 2.91. The van der Waals surface area contributed by atoms with E-state index in [4.69, 9.17) is 16.3 Å². The molecule has 6 heteroatoms. The van der Waals surface area contributed by atoms with Crippen molar-refractivity contribution in [2.24, 2.45) is 0 Å². The van der Waals surface area contributed by atoms with Crippen LogP contribution in [0.15, 0.2) is 28.9 Å². The van der Waals surface area contributed by atoms with E-state index < -0.39 is 0 Å². The third kappa shape index (κ3) is 4.37. The van der Waals surface area contributed by atoms with Crippen molar-refractivity contribution in [3.05, 3.63) is 38.8 Å². The number of rotatable bonds is 6. The maximum absolute atomic E-state index is 6.09. The summed E-state index contributed by atoms with van der Waals surface area (Å²) in [6.45, 7) is 3.54. The van der Waals surface area contributed by atoms with Crippen LogP contribution >= 0.6 is 38.9 Å². The number of anilines is 1. The predicted molar refractivity (Wildman–Crippen MR) is 84.4 cm³/mol. The van der Waals surface area contributed by atoms with Gasteiger partial charge in [-0.05, 0) is 24.6 Å². The fourth-order valence-electron chi connectivity index (χ4n) is 1.43. The van der Waals surface area contributed by atoms with E-state index in [-0.39, 0.29) is 0 Å². The van der Waals surface area contributed by atoms with Gasteiger partial charge in [0.05, 0.1) is 9.90 Å². The van der Waals surface area contributed by atoms with Crippen molar-refractivity contribution in [2.45, 2.75) is 20.0 Å². The molecule has 0 atom stereocenters. The lowest BCUT2D eigenvalue weighted by molar-refractivity contribution is 0.309. The number of hydrogen-bond donors (Lipinski definition) is 1. The number of thiazole rings is 1. The zero-order valence-electron chi connectivity index (χ0n) is 10.5. The van der Waals surface area contributed by atoms with Gasteiger partial charge in [0, 0.05) is 17.2 Å². The maximum atomic E-state index is 6.09. The molecule has 0 spiro atoms. The van der Waals surface area contributed by atoms with E-state index in [9.17, 15) is 0 Å². The smallest absolute Gasteiger partial charge is 0.182 e. The molecule has 3 nitrogen and oxygen atoms in total. The minimum atomic E-state index is 0.479. The summed E-state index contributed by atoms with van der Waals surface area (Å²) in [4.78, 5) is 5.36. The maximum Gasteiger partial charge on any atom is 0.182 e. The van der Waals surface area contributed by atoms with Gasteiger partial charge in [0.25, 0.3) is 0 Å². The molecule has 2 rings (SSSR count). The van der Waals surface area contributed by atoms with E-state index in [1.807, 2.05) is 24.4 Å². The Bertz CT molecular complexity index is 547. The second kappa shape index (κ2) is 7.12. The average Bonchev–Trinajstić information content (AvgIpc) is 2.83. The van der Waals surface area contributed by atoms with Gasteiger partial charge in [-0.25, -0.2) is 4.98 Å². The molecule has 1 aromatic heterocycles. The summed E-state index contributed by atoms with van der Waals surface area (Å²) >= 11 is 11.1. The summed E-state index contributed by atoms with van der Waals surface area (Å²) in [5.74, 6) is 0.682. The number of nitrogens with one attached hydrogen (secondary N) is 1. The lowest BCUT2D eigenvalue weighted by atomic mass is 10.3. The molecule has 0 aliphatic carbocycles. The summed E-state index contributed by atoms with van der Waals surface area (Å²) in [7, 11) is 0. The highest BCUT2D eigenvalue weighted by Crippen LogP contribution is 2.29.